The maximum Gasteiger partial charge on any atom is 0.308 e. The summed E-state index contributed by atoms with van der Waals surface area (Å²) in [4.78, 5) is 21.9. The highest BCUT2D eigenvalue weighted by atomic mass is 16.5. The summed E-state index contributed by atoms with van der Waals surface area (Å²) in [5.41, 5.74) is 0. The molecule has 0 aliphatic heterocycles. The number of hydrogen-bond donors (Lipinski definition) is 0. The first-order valence-electron chi connectivity index (χ1n) is 4.21. The Kier molecular flexibility index (Phi) is 5.34. The van der Waals surface area contributed by atoms with E-state index in [2.05, 4.69) is 4.74 Å². The first-order valence-corrected chi connectivity index (χ1v) is 4.21. The predicted octanol–water partition coefficient (Wildman–Crippen LogP) is 1.55. The second-order valence-corrected chi connectivity index (χ2v) is 2.92. The number of ketones is 1. The summed E-state index contributed by atoms with van der Waals surface area (Å²) < 4.78 is 4.50. The molecule has 70 valence electrons. The van der Waals surface area contributed by atoms with Crippen molar-refractivity contribution < 1.29 is 14.3 Å². The van der Waals surface area contributed by atoms with Gasteiger partial charge in [0.2, 0.25) is 0 Å². The molecule has 3 heteroatoms. The second kappa shape index (κ2) is 5.75. The Morgan fingerprint density at radius 1 is 1.42 bits per heavy atom. The Morgan fingerprint density at radius 2 is 2.00 bits per heavy atom. The van der Waals surface area contributed by atoms with Gasteiger partial charge >= 0.3 is 5.97 Å². The lowest BCUT2D eigenvalue weighted by Crippen LogP contribution is -2.16. The molecule has 12 heavy (non-hydrogen) atoms. The second-order valence-electron chi connectivity index (χ2n) is 2.92. The van der Waals surface area contributed by atoms with E-state index in [9.17, 15) is 9.59 Å². The van der Waals surface area contributed by atoms with Gasteiger partial charge in [-0.3, -0.25) is 9.59 Å². The van der Waals surface area contributed by atoms with Crippen LogP contribution in [0, 0.1) is 5.92 Å². The van der Waals surface area contributed by atoms with Gasteiger partial charge in [-0.2, -0.15) is 0 Å². The lowest BCUT2D eigenvalue weighted by molar-refractivity contribution is -0.146. The Morgan fingerprint density at radius 3 is 2.42 bits per heavy atom. The van der Waals surface area contributed by atoms with Gasteiger partial charge in [0, 0.05) is 12.8 Å². The molecule has 0 aliphatic rings. The average Bonchev–Trinajstić information content (AvgIpc) is 2.03. The van der Waals surface area contributed by atoms with Gasteiger partial charge in [0.25, 0.3) is 0 Å². The van der Waals surface area contributed by atoms with Crippen LogP contribution >= 0.6 is 0 Å². The largest absolute Gasteiger partial charge is 0.469 e. The Bertz CT molecular complexity index is 163. The highest BCUT2D eigenvalue weighted by Gasteiger charge is 2.16. The van der Waals surface area contributed by atoms with Gasteiger partial charge in [-0.25, -0.2) is 0 Å². The van der Waals surface area contributed by atoms with E-state index in [1.54, 1.807) is 6.92 Å². The molecule has 0 radical (unpaired) electrons. The van der Waals surface area contributed by atoms with Crippen molar-refractivity contribution >= 4 is 11.8 Å². The number of carbonyl (C=O) groups excluding carboxylic acids is 2. The monoisotopic (exact) mass is 172 g/mol. The zero-order valence-electron chi connectivity index (χ0n) is 7.92. The molecule has 1 atom stereocenters. The minimum atomic E-state index is -0.306. The summed E-state index contributed by atoms with van der Waals surface area (Å²) in [6.07, 6.45) is 1.70. The van der Waals surface area contributed by atoms with Crippen LogP contribution in [0.15, 0.2) is 0 Å². The van der Waals surface area contributed by atoms with Gasteiger partial charge in [0.1, 0.15) is 5.78 Å². The molecule has 0 heterocycles. The number of carbonyl (C=O) groups is 2. The van der Waals surface area contributed by atoms with Crippen molar-refractivity contribution in [3.8, 4) is 0 Å². The summed E-state index contributed by atoms with van der Waals surface area (Å²) in [5, 5.41) is 0. The number of rotatable bonds is 5. The standard InChI is InChI=1S/C9H16O3/c1-4-5-8(10)6-7(2)9(11)12-3/h7H,4-6H2,1-3H3. The fraction of sp³-hybridized carbons (Fsp3) is 0.778. The summed E-state index contributed by atoms with van der Waals surface area (Å²) in [7, 11) is 1.34. The van der Waals surface area contributed by atoms with E-state index >= 15 is 0 Å². The summed E-state index contributed by atoms with van der Waals surface area (Å²) in [6.45, 7) is 3.65. The van der Waals surface area contributed by atoms with Crippen LogP contribution in [-0.2, 0) is 14.3 Å². The summed E-state index contributed by atoms with van der Waals surface area (Å²) in [5.74, 6) is -0.469. The smallest absolute Gasteiger partial charge is 0.308 e. The van der Waals surface area contributed by atoms with Crippen LogP contribution in [0.25, 0.3) is 0 Å². The normalized spacial score (nSPS) is 12.2. The molecule has 0 saturated carbocycles. The van der Waals surface area contributed by atoms with Gasteiger partial charge in [-0.15, -0.1) is 0 Å². The average molecular weight is 172 g/mol. The first-order chi connectivity index (χ1) is 5.61. The highest BCUT2D eigenvalue weighted by Crippen LogP contribution is 2.07. The zero-order chi connectivity index (χ0) is 9.56. The van der Waals surface area contributed by atoms with Crippen LogP contribution < -0.4 is 0 Å². The van der Waals surface area contributed by atoms with Gasteiger partial charge < -0.3 is 4.74 Å². The minimum Gasteiger partial charge on any atom is -0.469 e. The van der Waals surface area contributed by atoms with Crippen LogP contribution in [0.2, 0.25) is 0 Å². The number of esters is 1. The molecule has 0 aliphatic carbocycles. The van der Waals surface area contributed by atoms with Crippen molar-refractivity contribution in [2.24, 2.45) is 5.92 Å². The Hall–Kier alpha value is -0.860. The molecule has 0 bridgehead atoms. The van der Waals surface area contributed by atoms with E-state index in [-0.39, 0.29) is 17.7 Å². The summed E-state index contributed by atoms with van der Waals surface area (Å²) >= 11 is 0. The lowest BCUT2D eigenvalue weighted by Gasteiger charge is -2.06. The fourth-order valence-corrected chi connectivity index (χ4v) is 1.01. The molecule has 0 saturated heterocycles. The molecule has 0 aromatic rings. The number of ether oxygens (including phenoxy) is 1. The van der Waals surface area contributed by atoms with Gasteiger partial charge in [0.05, 0.1) is 13.0 Å². The minimum absolute atomic E-state index is 0.135. The third-order valence-electron chi connectivity index (χ3n) is 1.67. The first kappa shape index (κ1) is 11.1. The number of methoxy groups -OCH3 is 1. The molecule has 1 unspecified atom stereocenters. The van der Waals surface area contributed by atoms with Gasteiger partial charge in [-0.05, 0) is 6.42 Å². The van der Waals surface area contributed by atoms with E-state index < -0.39 is 0 Å². The van der Waals surface area contributed by atoms with Gasteiger partial charge in [0.15, 0.2) is 0 Å². The van der Waals surface area contributed by atoms with Crippen LogP contribution in [-0.4, -0.2) is 18.9 Å². The van der Waals surface area contributed by atoms with Crippen LogP contribution in [0.4, 0.5) is 0 Å². The van der Waals surface area contributed by atoms with Crippen molar-refractivity contribution in [2.75, 3.05) is 7.11 Å². The maximum atomic E-state index is 11.1. The number of hydrogen-bond acceptors (Lipinski definition) is 3. The zero-order valence-corrected chi connectivity index (χ0v) is 7.92. The third kappa shape index (κ3) is 4.11. The Balaban J connectivity index is 3.75. The van der Waals surface area contributed by atoms with Crippen LogP contribution in [0.5, 0.6) is 0 Å². The van der Waals surface area contributed by atoms with E-state index in [4.69, 9.17) is 0 Å². The van der Waals surface area contributed by atoms with E-state index in [1.807, 2.05) is 6.92 Å². The fourth-order valence-electron chi connectivity index (χ4n) is 1.01. The molecule has 0 fully saturated rings. The third-order valence-corrected chi connectivity index (χ3v) is 1.67. The SMILES string of the molecule is CCCC(=O)CC(C)C(=O)OC. The van der Waals surface area contributed by atoms with Crippen molar-refractivity contribution in [3.05, 3.63) is 0 Å². The highest BCUT2D eigenvalue weighted by molar-refractivity contribution is 5.84. The summed E-state index contributed by atoms with van der Waals surface area (Å²) in [6, 6.07) is 0. The molecule has 3 nitrogen and oxygen atoms in total. The van der Waals surface area contributed by atoms with E-state index in [0.717, 1.165) is 6.42 Å². The lowest BCUT2D eigenvalue weighted by atomic mass is 10.0. The van der Waals surface area contributed by atoms with E-state index in [0.29, 0.717) is 12.8 Å². The quantitative estimate of drug-likeness (QED) is 0.591. The van der Waals surface area contributed by atoms with Crippen molar-refractivity contribution in [1.29, 1.82) is 0 Å². The van der Waals surface area contributed by atoms with Crippen molar-refractivity contribution in [3.63, 3.8) is 0 Å². The molecule has 0 amide bonds. The molecule has 0 N–H and O–H groups in total. The predicted molar refractivity (Wildman–Crippen MR) is 45.7 cm³/mol. The van der Waals surface area contributed by atoms with Crippen LogP contribution in [0.3, 0.4) is 0 Å². The maximum absolute atomic E-state index is 11.1. The molecule has 0 aromatic carbocycles. The Labute approximate surface area is 73.1 Å². The van der Waals surface area contributed by atoms with Crippen molar-refractivity contribution in [2.45, 2.75) is 33.1 Å². The molecule has 0 aromatic heterocycles. The van der Waals surface area contributed by atoms with Crippen molar-refractivity contribution in [1.82, 2.24) is 0 Å². The van der Waals surface area contributed by atoms with E-state index in [1.165, 1.54) is 7.11 Å². The molecule has 0 rings (SSSR count). The molecular formula is C9H16O3. The molecular weight excluding hydrogens is 156 g/mol. The topological polar surface area (TPSA) is 43.4 Å². The van der Waals surface area contributed by atoms with Gasteiger partial charge in [-0.1, -0.05) is 13.8 Å². The molecule has 0 spiro atoms. The van der Waals surface area contributed by atoms with Crippen LogP contribution in [0.1, 0.15) is 33.1 Å². The number of Topliss-reactive ketones (excluding diaryl/α,β-unsaturated/α-hetero) is 1.